The van der Waals surface area contributed by atoms with Crippen LogP contribution in [0.1, 0.15) is 48.9 Å². The number of likely N-dealkylation sites (N-methyl/N-ethyl adjacent to an activating group) is 1. The Hall–Kier alpha value is -3.32. The molecule has 2 aromatic rings. The Morgan fingerprint density at radius 2 is 1.91 bits per heavy atom. The minimum absolute atomic E-state index is 0.110. The lowest BCUT2D eigenvalue weighted by molar-refractivity contribution is -0.140. The monoisotopic (exact) mass is 464 g/mol. The lowest BCUT2D eigenvalue weighted by atomic mass is 9.93. The first-order valence-electron chi connectivity index (χ1n) is 11.7. The molecule has 0 saturated carbocycles. The van der Waals surface area contributed by atoms with Gasteiger partial charge in [0.05, 0.1) is 23.8 Å². The summed E-state index contributed by atoms with van der Waals surface area (Å²) in [7, 11) is 3.56. The van der Waals surface area contributed by atoms with Crippen molar-refractivity contribution in [2.75, 3.05) is 45.4 Å². The van der Waals surface area contributed by atoms with E-state index in [1.54, 1.807) is 30.2 Å². The molecule has 0 aromatic heterocycles. The van der Waals surface area contributed by atoms with Crippen molar-refractivity contribution in [2.45, 2.75) is 32.2 Å². The normalized spacial score (nSPS) is 19.5. The fourth-order valence-corrected chi connectivity index (χ4v) is 4.55. The van der Waals surface area contributed by atoms with Crippen molar-refractivity contribution in [3.8, 4) is 5.75 Å². The number of carbonyl (C=O) groups excluding carboxylic acids is 2. The second kappa shape index (κ2) is 9.89. The maximum Gasteiger partial charge on any atom is 0.295 e. The maximum absolute atomic E-state index is 13.2. The summed E-state index contributed by atoms with van der Waals surface area (Å²) in [6.45, 7) is 6.37. The lowest BCUT2D eigenvalue weighted by Crippen LogP contribution is -2.31. The first kappa shape index (κ1) is 23.8. The number of hydrogen-bond donors (Lipinski definition) is 1. The first-order chi connectivity index (χ1) is 16.3. The fraction of sp³-hybridized carbons (Fsp3) is 0.407. The van der Waals surface area contributed by atoms with Crippen molar-refractivity contribution in [3.05, 3.63) is 64.7 Å². The number of methoxy groups -OCH3 is 1. The second-order valence-corrected chi connectivity index (χ2v) is 9.11. The maximum atomic E-state index is 13.2. The van der Waals surface area contributed by atoms with Gasteiger partial charge in [-0.15, -0.1) is 0 Å². The molecule has 1 atom stereocenters. The van der Waals surface area contributed by atoms with Gasteiger partial charge in [-0.2, -0.15) is 0 Å². The summed E-state index contributed by atoms with van der Waals surface area (Å²) in [6, 6.07) is 12.6. The predicted octanol–water partition coefficient (Wildman–Crippen LogP) is 4.10. The average molecular weight is 465 g/mol. The van der Waals surface area contributed by atoms with Crippen LogP contribution in [0.2, 0.25) is 0 Å². The van der Waals surface area contributed by atoms with Gasteiger partial charge >= 0.3 is 0 Å². The standard InChI is InChI=1S/C27H32N2O5/c1-17(2)18-6-8-19(9-7-18)24-23(26(31)27(32)29(24)12-5-14-33-4)25(30)20-10-11-22-21(16-20)28(3)13-15-34-22/h6-11,16-17,24,30H,5,12-15H2,1-4H3/b25-23-. The lowest BCUT2D eigenvalue weighted by Gasteiger charge is -2.28. The number of aliphatic hydroxyl groups excluding tert-OH is 1. The number of benzene rings is 2. The van der Waals surface area contributed by atoms with Crippen molar-refractivity contribution in [1.82, 2.24) is 4.90 Å². The number of ether oxygens (including phenoxy) is 2. The van der Waals surface area contributed by atoms with E-state index in [1.165, 1.54) is 0 Å². The van der Waals surface area contributed by atoms with Gasteiger partial charge in [-0.1, -0.05) is 38.1 Å². The third-order valence-corrected chi connectivity index (χ3v) is 6.53. The molecule has 2 aromatic carbocycles. The Labute approximate surface area is 200 Å². The topological polar surface area (TPSA) is 79.3 Å². The molecule has 7 heteroatoms. The van der Waals surface area contributed by atoms with Crippen molar-refractivity contribution in [3.63, 3.8) is 0 Å². The molecule has 1 N–H and O–H groups in total. The number of nitrogens with zero attached hydrogens (tertiary/aromatic N) is 2. The van der Waals surface area contributed by atoms with E-state index in [0.717, 1.165) is 29.1 Å². The molecule has 2 heterocycles. The summed E-state index contributed by atoms with van der Waals surface area (Å²) in [5.41, 5.74) is 3.38. The molecule has 1 unspecified atom stereocenters. The molecule has 0 aliphatic carbocycles. The third kappa shape index (κ3) is 4.40. The van der Waals surface area contributed by atoms with Crippen molar-refractivity contribution < 1.29 is 24.2 Å². The number of ketones is 1. The highest BCUT2D eigenvalue weighted by Crippen LogP contribution is 2.41. The number of Topliss-reactive ketones (excluding diaryl/α,β-unsaturated/α-hetero) is 1. The van der Waals surface area contributed by atoms with Gasteiger partial charge in [0, 0.05) is 32.9 Å². The molecule has 0 spiro atoms. The fourth-order valence-electron chi connectivity index (χ4n) is 4.55. The van der Waals surface area contributed by atoms with E-state index in [1.807, 2.05) is 36.2 Å². The van der Waals surface area contributed by atoms with Crippen LogP contribution >= 0.6 is 0 Å². The van der Waals surface area contributed by atoms with E-state index in [4.69, 9.17) is 9.47 Å². The van der Waals surface area contributed by atoms with E-state index in [9.17, 15) is 14.7 Å². The zero-order valence-electron chi connectivity index (χ0n) is 20.2. The van der Waals surface area contributed by atoms with E-state index in [-0.39, 0.29) is 11.3 Å². The van der Waals surface area contributed by atoms with Gasteiger partial charge in [0.25, 0.3) is 11.7 Å². The van der Waals surface area contributed by atoms with Crippen molar-refractivity contribution in [2.24, 2.45) is 0 Å². The zero-order valence-corrected chi connectivity index (χ0v) is 20.2. The highest BCUT2D eigenvalue weighted by molar-refractivity contribution is 6.46. The number of carbonyl (C=O) groups is 2. The van der Waals surface area contributed by atoms with E-state index < -0.39 is 17.7 Å². The summed E-state index contributed by atoms with van der Waals surface area (Å²) < 4.78 is 10.9. The highest BCUT2D eigenvalue weighted by atomic mass is 16.5. The van der Waals surface area contributed by atoms with Gasteiger partial charge in [0.15, 0.2) is 0 Å². The molecule has 7 nitrogen and oxygen atoms in total. The molecule has 2 aliphatic rings. The van der Waals surface area contributed by atoms with Gasteiger partial charge in [0.1, 0.15) is 18.1 Å². The number of anilines is 1. The van der Waals surface area contributed by atoms with Crippen LogP contribution in [0.3, 0.4) is 0 Å². The van der Waals surface area contributed by atoms with Gasteiger partial charge in [-0.3, -0.25) is 9.59 Å². The van der Waals surface area contributed by atoms with Crippen molar-refractivity contribution in [1.29, 1.82) is 0 Å². The van der Waals surface area contributed by atoms with Crippen LogP contribution in [0.5, 0.6) is 5.75 Å². The molecule has 1 fully saturated rings. The van der Waals surface area contributed by atoms with Crippen LogP contribution in [0, 0.1) is 0 Å². The quantitative estimate of drug-likeness (QED) is 0.288. The number of amides is 1. The molecule has 180 valence electrons. The van der Waals surface area contributed by atoms with E-state index in [0.29, 0.717) is 37.7 Å². The predicted molar refractivity (Wildman–Crippen MR) is 131 cm³/mol. The Kier molecular flexibility index (Phi) is 6.93. The summed E-state index contributed by atoms with van der Waals surface area (Å²) >= 11 is 0. The second-order valence-electron chi connectivity index (χ2n) is 9.11. The SMILES string of the molecule is COCCCN1C(=O)C(=O)/C(=C(\O)c2ccc3c(c2)N(C)CCO3)C1c1ccc(C(C)C)cc1. The molecular weight excluding hydrogens is 432 g/mol. The number of hydrogen-bond acceptors (Lipinski definition) is 6. The Morgan fingerprint density at radius 1 is 1.18 bits per heavy atom. The Morgan fingerprint density at radius 3 is 2.59 bits per heavy atom. The molecule has 2 aliphatic heterocycles. The van der Waals surface area contributed by atoms with Crippen LogP contribution in [0.15, 0.2) is 48.0 Å². The van der Waals surface area contributed by atoms with Crippen LogP contribution in [0.4, 0.5) is 5.69 Å². The minimum atomic E-state index is -0.671. The van der Waals surface area contributed by atoms with Gasteiger partial charge in [-0.25, -0.2) is 0 Å². The summed E-state index contributed by atoms with van der Waals surface area (Å²) in [4.78, 5) is 29.8. The average Bonchev–Trinajstić information content (AvgIpc) is 3.09. The first-order valence-corrected chi connectivity index (χ1v) is 11.7. The van der Waals surface area contributed by atoms with Crippen LogP contribution in [-0.4, -0.2) is 62.2 Å². The van der Waals surface area contributed by atoms with Crippen molar-refractivity contribution >= 4 is 23.1 Å². The van der Waals surface area contributed by atoms with Gasteiger partial charge < -0.3 is 24.4 Å². The molecule has 0 radical (unpaired) electrons. The number of fused-ring (bicyclic) bond motifs is 1. The number of aliphatic hydroxyl groups is 1. The molecule has 4 rings (SSSR count). The molecule has 1 amide bonds. The third-order valence-electron chi connectivity index (χ3n) is 6.53. The minimum Gasteiger partial charge on any atom is -0.507 e. The summed E-state index contributed by atoms with van der Waals surface area (Å²) in [5.74, 6) is -0.362. The number of rotatable bonds is 7. The van der Waals surface area contributed by atoms with E-state index in [2.05, 4.69) is 13.8 Å². The Bertz CT molecular complexity index is 1110. The molecule has 1 saturated heterocycles. The molecule has 0 bridgehead atoms. The summed E-state index contributed by atoms with van der Waals surface area (Å²) in [5, 5.41) is 11.4. The number of likely N-dealkylation sites (tertiary alicyclic amines) is 1. The zero-order chi connectivity index (χ0) is 24.4. The molecule has 34 heavy (non-hydrogen) atoms. The largest absolute Gasteiger partial charge is 0.507 e. The van der Waals surface area contributed by atoms with Crippen LogP contribution in [0.25, 0.3) is 5.76 Å². The van der Waals surface area contributed by atoms with Crippen LogP contribution in [-0.2, 0) is 14.3 Å². The Balaban J connectivity index is 1.80. The highest BCUT2D eigenvalue weighted by Gasteiger charge is 2.45. The summed E-state index contributed by atoms with van der Waals surface area (Å²) in [6.07, 6.45) is 0.588. The smallest absolute Gasteiger partial charge is 0.295 e. The van der Waals surface area contributed by atoms with Gasteiger partial charge in [0.2, 0.25) is 0 Å². The van der Waals surface area contributed by atoms with E-state index >= 15 is 0 Å². The van der Waals surface area contributed by atoms with Gasteiger partial charge in [-0.05, 0) is 41.7 Å². The molecular formula is C27H32N2O5. The van der Waals surface area contributed by atoms with Crippen LogP contribution < -0.4 is 9.64 Å².